The van der Waals surface area contributed by atoms with Gasteiger partial charge in [-0.25, -0.2) is 19.9 Å². The molecule has 0 aliphatic heterocycles. The van der Waals surface area contributed by atoms with Gasteiger partial charge in [-0.3, -0.25) is 0 Å². The van der Waals surface area contributed by atoms with Crippen LogP contribution in [-0.2, 0) is 10.8 Å². The van der Waals surface area contributed by atoms with Gasteiger partial charge in [-0.1, -0.05) is 324 Å². The Hall–Kier alpha value is -12.7. The molecule has 4 heterocycles. The number of para-hydroxylation sites is 1. The summed E-state index contributed by atoms with van der Waals surface area (Å²) in [6, 6.07) is 123. The van der Waals surface area contributed by atoms with Crippen LogP contribution < -0.4 is 0 Å². The number of hydrogen-bond acceptors (Lipinski definition) is 6. The first-order valence-electron chi connectivity index (χ1n) is 39.1. The summed E-state index contributed by atoms with van der Waals surface area (Å²) in [5.74, 6) is 1.43. The third-order valence-corrected chi connectivity index (χ3v) is 25.5. The molecule has 18 aromatic rings. The Morgan fingerprint density at radius 1 is 0.236 bits per heavy atom. The maximum absolute atomic E-state index is 6.73. The van der Waals surface area contributed by atoms with Crippen LogP contribution in [0, 0.1) is 0 Å². The Morgan fingerprint density at radius 3 is 1.12 bits per heavy atom. The topological polar surface area (TPSA) is 64.7 Å². The van der Waals surface area contributed by atoms with E-state index in [9.17, 15) is 0 Å². The van der Waals surface area contributed by atoms with Crippen molar-refractivity contribution in [3.8, 4) is 135 Å². The molecule has 2 fully saturated rings. The molecule has 2 saturated carbocycles. The van der Waals surface area contributed by atoms with Gasteiger partial charge in [-0.15, -0.1) is 11.3 Å². The summed E-state index contributed by atoms with van der Waals surface area (Å²) in [4.78, 5) is 20.5. The monoisotopic (exact) mass is 1430 g/mol. The SMILES string of the molecule is c1ccc(-c2ccc(-c3cc(-c4ccc5oc6c(-c7ccc8c(c7)-c7ccccc7C87CCCCC7)cccc6c5c4)nc(-c4ccccc4)n3)cc2)cc1.c1ccc(-c2ccc(-c3cc(-c4ccc5sc6c(-c7ccc8c(c7)-c7ccccc7C87CCCCC7)cccc6c5c4)nc(-c4ccccc4)n3)cc2)cc1. The molecule has 6 heteroatoms. The van der Waals surface area contributed by atoms with Crippen molar-refractivity contribution >= 4 is 53.4 Å². The number of aromatic nitrogens is 4. The average molecular weight is 1430 g/mol. The first-order chi connectivity index (χ1) is 54.4. The molecular weight excluding hydrogens is 1350 g/mol. The molecule has 0 N–H and O–H groups in total. The molecule has 14 aromatic carbocycles. The number of rotatable bonds is 10. The van der Waals surface area contributed by atoms with Gasteiger partial charge in [0.25, 0.3) is 0 Å². The minimum Gasteiger partial charge on any atom is -0.455 e. The standard InChI is InChI=1S/C52H38N2O.C52H38N2S/c2*1-4-13-34(14-5-1)35-21-23-36(24-22-35)47-33-48(54-51(53-47)37-15-6-2-7-16-37)39-26-28-49-44(32-39)42-19-12-18-40(50(42)55-49)38-25-27-46-43(31-38)41-17-8-9-20-45(41)52(46)29-10-3-11-30-52/h2*1-2,4-9,12-28,31-33H,3,10-11,29-30H2. The summed E-state index contributed by atoms with van der Waals surface area (Å²) in [6.45, 7) is 0. The lowest BCUT2D eigenvalue weighted by molar-refractivity contribution is 0.353. The third-order valence-electron chi connectivity index (χ3n) is 24.2. The lowest BCUT2D eigenvalue weighted by Crippen LogP contribution is -2.27. The Kier molecular flexibility index (Phi) is 16.2. The van der Waals surface area contributed by atoms with E-state index in [0.29, 0.717) is 5.82 Å². The van der Waals surface area contributed by atoms with E-state index < -0.39 is 0 Å². The van der Waals surface area contributed by atoms with Crippen LogP contribution in [0.2, 0.25) is 0 Å². The molecule has 4 aliphatic carbocycles. The summed E-state index contributed by atoms with van der Waals surface area (Å²) < 4.78 is 9.35. The fourth-order valence-electron chi connectivity index (χ4n) is 18.9. The van der Waals surface area contributed by atoms with Gasteiger partial charge >= 0.3 is 0 Å². The van der Waals surface area contributed by atoms with Gasteiger partial charge in [0, 0.05) is 80.7 Å². The second kappa shape index (κ2) is 27.2. The highest BCUT2D eigenvalue weighted by atomic mass is 32.1. The number of thiophene rings is 1. The number of nitrogens with zero attached hydrogens (tertiary/aromatic N) is 4. The van der Waals surface area contributed by atoms with Crippen LogP contribution in [0.1, 0.15) is 86.5 Å². The van der Waals surface area contributed by atoms with E-state index in [1.807, 2.05) is 41.7 Å². The van der Waals surface area contributed by atoms with E-state index in [2.05, 4.69) is 309 Å². The molecule has 0 unspecified atom stereocenters. The maximum Gasteiger partial charge on any atom is 0.160 e. The molecule has 0 amide bonds. The Morgan fingerprint density at radius 2 is 0.609 bits per heavy atom. The van der Waals surface area contributed by atoms with Gasteiger partial charge in [0.15, 0.2) is 11.6 Å². The molecule has 22 rings (SSSR count). The number of furan rings is 1. The minimum atomic E-state index is 0.150. The van der Waals surface area contributed by atoms with Crippen LogP contribution in [0.5, 0.6) is 0 Å². The van der Waals surface area contributed by atoms with E-state index in [1.54, 1.807) is 5.56 Å². The normalized spacial score (nSPS) is 14.3. The molecule has 0 bridgehead atoms. The molecule has 110 heavy (non-hydrogen) atoms. The van der Waals surface area contributed by atoms with Crippen molar-refractivity contribution < 1.29 is 4.42 Å². The van der Waals surface area contributed by atoms with Gasteiger partial charge in [0.2, 0.25) is 0 Å². The van der Waals surface area contributed by atoms with Crippen molar-refractivity contribution in [1.82, 2.24) is 19.9 Å². The fraction of sp³-hybridized carbons (Fsp3) is 0.115. The van der Waals surface area contributed by atoms with E-state index >= 15 is 0 Å². The molecule has 524 valence electrons. The second-order valence-electron chi connectivity index (χ2n) is 30.4. The second-order valence-corrected chi connectivity index (χ2v) is 31.5. The molecule has 0 saturated heterocycles. The average Bonchev–Trinajstić information content (AvgIpc) is 1.56. The predicted molar refractivity (Wildman–Crippen MR) is 457 cm³/mol. The molecular formula is C104H76N4OS. The van der Waals surface area contributed by atoms with Gasteiger partial charge < -0.3 is 4.42 Å². The Bertz CT molecular complexity index is 6170. The Balaban J connectivity index is 0.000000140. The van der Waals surface area contributed by atoms with Crippen molar-refractivity contribution in [2.45, 2.75) is 75.0 Å². The summed E-state index contributed by atoms with van der Waals surface area (Å²) >= 11 is 1.89. The lowest BCUT2D eigenvalue weighted by atomic mass is 9.68. The van der Waals surface area contributed by atoms with E-state index in [4.69, 9.17) is 24.4 Å². The quantitative estimate of drug-likeness (QED) is 0.137. The fourth-order valence-corrected chi connectivity index (χ4v) is 20.1. The van der Waals surface area contributed by atoms with E-state index in [0.717, 1.165) is 89.5 Å². The molecule has 4 aliphatic rings. The third kappa shape index (κ3) is 11.3. The van der Waals surface area contributed by atoms with Gasteiger partial charge in [-0.05, 0) is 164 Å². The number of fused-ring (bicyclic) bond motifs is 16. The van der Waals surface area contributed by atoms with E-state index in [-0.39, 0.29) is 10.8 Å². The molecule has 0 atom stereocenters. The largest absolute Gasteiger partial charge is 0.455 e. The van der Waals surface area contributed by atoms with Crippen molar-refractivity contribution in [2.75, 3.05) is 0 Å². The predicted octanol–water partition coefficient (Wildman–Crippen LogP) is 28.4. The van der Waals surface area contributed by atoms with Crippen LogP contribution >= 0.6 is 11.3 Å². The zero-order chi connectivity index (χ0) is 72.7. The maximum atomic E-state index is 6.73. The highest BCUT2D eigenvalue weighted by Crippen LogP contribution is 2.59. The molecule has 4 aromatic heterocycles. The zero-order valence-corrected chi connectivity index (χ0v) is 61.8. The highest BCUT2D eigenvalue weighted by Gasteiger charge is 2.45. The summed E-state index contributed by atoms with van der Waals surface area (Å²) in [7, 11) is 0. The van der Waals surface area contributed by atoms with Crippen LogP contribution in [0.3, 0.4) is 0 Å². The van der Waals surface area contributed by atoms with Crippen molar-refractivity contribution in [2.24, 2.45) is 0 Å². The summed E-state index contributed by atoms with van der Waals surface area (Å²) in [5.41, 5.74) is 33.3. The van der Waals surface area contributed by atoms with Crippen molar-refractivity contribution in [1.29, 1.82) is 0 Å². The molecule has 0 radical (unpaired) electrons. The minimum absolute atomic E-state index is 0.150. The first kappa shape index (κ1) is 65.5. The number of hydrogen-bond donors (Lipinski definition) is 0. The van der Waals surface area contributed by atoms with Gasteiger partial charge in [0.05, 0.1) is 22.8 Å². The molecule has 2 spiro atoms. The lowest BCUT2D eigenvalue weighted by Gasteiger charge is -2.36. The number of benzene rings is 14. The van der Waals surface area contributed by atoms with Crippen molar-refractivity contribution in [3.05, 3.63) is 362 Å². The first-order valence-corrected chi connectivity index (χ1v) is 39.9. The van der Waals surface area contributed by atoms with Crippen molar-refractivity contribution in [3.63, 3.8) is 0 Å². The summed E-state index contributed by atoms with van der Waals surface area (Å²) in [6.07, 6.45) is 12.9. The van der Waals surface area contributed by atoms with Crippen LogP contribution in [-0.4, -0.2) is 19.9 Å². The molecule has 5 nitrogen and oxygen atoms in total. The smallest absolute Gasteiger partial charge is 0.160 e. The summed E-state index contributed by atoms with van der Waals surface area (Å²) in [5, 5.41) is 4.74. The van der Waals surface area contributed by atoms with Gasteiger partial charge in [-0.2, -0.15) is 0 Å². The zero-order valence-electron chi connectivity index (χ0n) is 61.0. The highest BCUT2D eigenvalue weighted by molar-refractivity contribution is 7.26. The van der Waals surface area contributed by atoms with Crippen LogP contribution in [0.15, 0.2) is 344 Å². The Labute approximate surface area is 645 Å². The van der Waals surface area contributed by atoms with Crippen LogP contribution in [0.4, 0.5) is 0 Å². The van der Waals surface area contributed by atoms with Gasteiger partial charge in [0.1, 0.15) is 11.2 Å². The van der Waals surface area contributed by atoms with E-state index in [1.165, 1.54) is 162 Å². The van der Waals surface area contributed by atoms with Crippen LogP contribution in [0.25, 0.3) is 177 Å².